The number of ether oxygens (including phenoxy) is 2. The fourth-order valence-electron chi connectivity index (χ4n) is 3.39. The van der Waals surface area contributed by atoms with Gasteiger partial charge in [-0.05, 0) is 48.7 Å². The lowest BCUT2D eigenvalue weighted by atomic mass is 10.1. The lowest BCUT2D eigenvalue weighted by Crippen LogP contribution is -2.17. The molecule has 0 atom stereocenters. The minimum atomic E-state index is -0.339. The number of hydrogen-bond donors (Lipinski definition) is 3. The van der Waals surface area contributed by atoms with Crippen LogP contribution in [-0.4, -0.2) is 36.6 Å². The lowest BCUT2D eigenvalue weighted by Gasteiger charge is -2.14. The molecule has 8 nitrogen and oxygen atoms in total. The van der Waals surface area contributed by atoms with Crippen LogP contribution in [0.25, 0.3) is 5.70 Å². The first kappa shape index (κ1) is 21.2. The number of methoxy groups -OCH3 is 1. The Morgan fingerprint density at radius 1 is 1.16 bits per heavy atom. The summed E-state index contributed by atoms with van der Waals surface area (Å²) < 4.78 is 10.7. The van der Waals surface area contributed by atoms with Gasteiger partial charge in [0.1, 0.15) is 11.4 Å². The molecule has 0 fully saturated rings. The van der Waals surface area contributed by atoms with Crippen LogP contribution in [0.3, 0.4) is 0 Å². The van der Waals surface area contributed by atoms with Gasteiger partial charge in [-0.2, -0.15) is 0 Å². The zero-order valence-corrected chi connectivity index (χ0v) is 18.2. The van der Waals surface area contributed by atoms with Gasteiger partial charge in [0.15, 0.2) is 5.75 Å². The molecule has 3 N–H and O–H groups in total. The first-order chi connectivity index (χ1) is 15.6. The molecule has 32 heavy (non-hydrogen) atoms. The average Bonchev–Trinajstić information content (AvgIpc) is 3.25. The van der Waals surface area contributed by atoms with Crippen molar-refractivity contribution in [2.24, 2.45) is 0 Å². The number of fused-ring (bicyclic) bond motifs is 1. The predicted octanol–water partition coefficient (Wildman–Crippen LogP) is 3.58. The second-order valence-electron chi connectivity index (χ2n) is 7.27. The van der Waals surface area contributed by atoms with E-state index in [4.69, 9.17) is 14.5 Å². The standard InChI is InChI=1S/C24H25N5O3/c1-15-14-27-24(26-13-12-16-8-10-17(11-9-16)23(30)31-3)29-20(15)21(25-2)22-28-18-6-4-5-7-19(18)32-22/h4-11,14,25,28H,12-13H2,1-3H3,(H,26,27,29)/b22-21+. The van der Waals surface area contributed by atoms with E-state index in [1.165, 1.54) is 7.11 Å². The van der Waals surface area contributed by atoms with Crippen LogP contribution in [0, 0.1) is 6.92 Å². The third kappa shape index (κ3) is 4.49. The SMILES string of the molecule is CN/C(=C1\Nc2ccccc2O1)c1nc(NCCc2ccc(C(=O)OC)cc2)ncc1C. The van der Waals surface area contributed by atoms with Crippen molar-refractivity contribution in [2.75, 3.05) is 31.3 Å². The molecule has 0 aliphatic carbocycles. The molecule has 0 bridgehead atoms. The fraction of sp³-hybridized carbons (Fsp3) is 0.208. The van der Waals surface area contributed by atoms with Gasteiger partial charge in [-0.3, -0.25) is 0 Å². The second kappa shape index (κ2) is 9.38. The van der Waals surface area contributed by atoms with Gasteiger partial charge in [-0.1, -0.05) is 24.3 Å². The van der Waals surface area contributed by atoms with E-state index in [2.05, 4.69) is 20.9 Å². The van der Waals surface area contributed by atoms with Gasteiger partial charge < -0.3 is 25.4 Å². The van der Waals surface area contributed by atoms with Gasteiger partial charge in [0, 0.05) is 19.8 Å². The topological polar surface area (TPSA) is 97.4 Å². The normalized spacial score (nSPS) is 13.5. The molecule has 1 aliphatic heterocycles. The summed E-state index contributed by atoms with van der Waals surface area (Å²) in [7, 11) is 3.21. The predicted molar refractivity (Wildman–Crippen MR) is 123 cm³/mol. The molecule has 0 radical (unpaired) electrons. The van der Waals surface area contributed by atoms with Crippen LogP contribution in [0.4, 0.5) is 11.6 Å². The van der Waals surface area contributed by atoms with E-state index in [-0.39, 0.29) is 5.97 Å². The molecule has 8 heteroatoms. The molecule has 164 valence electrons. The average molecular weight is 431 g/mol. The Balaban J connectivity index is 1.46. The third-order valence-corrected chi connectivity index (χ3v) is 5.10. The summed E-state index contributed by atoms with van der Waals surface area (Å²) in [5, 5.41) is 9.76. The van der Waals surface area contributed by atoms with Crippen molar-refractivity contribution in [3.8, 4) is 5.75 Å². The monoisotopic (exact) mass is 431 g/mol. The molecule has 0 unspecified atom stereocenters. The van der Waals surface area contributed by atoms with E-state index in [0.29, 0.717) is 23.9 Å². The molecule has 0 spiro atoms. The highest BCUT2D eigenvalue weighted by atomic mass is 16.5. The number of hydrogen-bond acceptors (Lipinski definition) is 8. The first-order valence-electron chi connectivity index (χ1n) is 10.3. The molecule has 0 saturated heterocycles. The van der Waals surface area contributed by atoms with E-state index in [1.807, 2.05) is 50.4 Å². The number of nitrogens with zero attached hydrogens (tertiary/aromatic N) is 2. The maximum Gasteiger partial charge on any atom is 0.337 e. The molecule has 1 aliphatic rings. The Morgan fingerprint density at radius 3 is 2.66 bits per heavy atom. The number of aromatic nitrogens is 2. The van der Waals surface area contributed by atoms with Crippen LogP contribution in [0.2, 0.25) is 0 Å². The largest absolute Gasteiger partial charge is 0.465 e. The van der Waals surface area contributed by atoms with Crippen LogP contribution in [0.15, 0.2) is 60.6 Å². The number of nitrogens with one attached hydrogen (secondary N) is 3. The number of carbonyl (C=O) groups excluding carboxylic acids is 1. The number of anilines is 2. The maximum atomic E-state index is 11.5. The smallest absolute Gasteiger partial charge is 0.337 e. The summed E-state index contributed by atoms with van der Waals surface area (Å²) in [6, 6.07) is 15.1. The third-order valence-electron chi connectivity index (χ3n) is 5.10. The van der Waals surface area contributed by atoms with Crippen molar-refractivity contribution < 1.29 is 14.3 Å². The summed E-state index contributed by atoms with van der Waals surface area (Å²) in [6.07, 6.45) is 2.55. The Morgan fingerprint density at radius 2 is 1.94 bits per heavy atom. The van der Waals surface area contributed by atoms with Gasteiger partial charge in [0.05, 0.1) is 18.4 Å². The van der Waals surface area contributed by atoms with Crippen LogP contribution in [0.1, 0.15) is 27.2 Å². The molecule has 2 aromatic carbocycles. The second-order valence-corrected chi connectivity index (χ2v) is 7.27. The number of aryl methyl sites for hydroxylation is 1. The first-order valence-corrected chi connectivity index (χ1v) is 10.3. The molecule has 0 amide bonds. The van der Waals surface area contributed by atoms with Crippen molar-refractivity contribution in [1.82, 2.24) is 15.3 Å². The van der Waals surface area contributed by atoms with Gasteiger partial charge in [-0.25, -0.2) is 14.8 Å². The highest BCUT2D eigenvalue weighted by Gasteiger charge is 2.22. The van der Waals surface area contributed by atoms with Gasteiger partial charge in [0.25, 0.3) is 0 Å². The quantitative estimate of drug-likeness (QED) is 0.489. The molecule has 1 aromatic heterocycles. The summed E-state index contributed by atoms with van der Waals surface area (Å²) in [5.41, 5.74) is 4.97. The molecular formula is C24H25N5O3. The summed E-state index contributed by atoms with van der Waals surface area (Å²) in [4.78, 5) is 20.7. The zero-order valence-electron chi connectivity index (χ0n) is 18.2. The maximum absolute atomic E-state index is 11.5. The lowest BCUT2D eigenvalue weighted by molar-refractivity contribution is 0.0600. The molecule has 4 rings (SSSR count). The molecule has 0 saturated carbocycles. The van der Waals surface area contributed by atoms with Crippen molar-refractivity contribution >= 4 is 23.3 Å². The minimum absolute atomic E-state index is 0.339. The zero-order chi connectivity index (χ0) is 22.5. The number of para-hydroxylation sites is 2. The van der Waals surface area contributed by atoms with E-state index < -0.39 is 0 Å². The number of esters is 1. The number of carbonyl (C=O) groups is 1. The van der Waals surface area contributed by atoms with Gasteiger partial charge in [0.2, 0.25) is 11.8 Å². The van der Waals surface area contributed by atoms with Crippen LogP contribution < -0.4 is 20.7 Å². The molecule has 2 heterocycles. The Kier molecular flexibility index (Phi) is 6.21. The van der Waals surface area contributed by atoms with Crippen molar-refractivity contribution in [3.63, 3.8) is 0 Å². The van der Waals surface area contributed by atoms with Crippen LogP contribution >= 0.6 is 0 Å². The highest BCUT2D eigenvalue weighted by molar-refractivity contribution is 5.89. The van der Waals surface area contributed by atoms with E-state index >= 15 is 0 Å². The molecule has 3 aromatic rings. The Bertz CT molecular complexity index is 1130. The van der Waals surface area contributed by atoms with E-state index in [9.17, 15) is 4.79 Å². The van der Waals surface area contributed by atoms with Crippen molar-refractivity contribution in [3.05, 3.63) is 83.0 Å². The van der Waals surface area contributed by atoms with Crippen molar-refractivity contribution in [1.29, 1.82) is 0 Å². The Labute approximate surface area is 186 Å². The highest BCUT2D eigenvalue weighted by Crippen LogP contribution is 2.35. The summed E-state index contributed by atoms with van der Waals surface area (Å²) in [5.74, 6) is 1.57. The number of benzene rings is 2. The number of rotatable bonds is 7. The van der Waals surface area contributed by atoms with Crippen LogP contribution in [-0.2, 0) is 11.2 Å². The summed E-state index contributed by atoms with van der Waals surface area (Å²) in [6.45, 7) is 2.60. The Hall–Kier alpha value is -4.07. The van der Waals surface area contributed by atoms with Crippen molar-refractivity contribution in [2.45, 2.75) is 13.3 Å². The van der Waals surface area contributed by atoms with Gasteiger partial charge >= 0.3 is 5.97 Å². The summed E-state index contributed by atoms with van der Waals surface area (Å²) >= 11 is 0. The van der Waals surface area contributed by atoms with E-state index in [0.717, 1.165) is 40.4 Å². The fourth-order valence-corrected chi connectivity index (χ4v) is 3.39. The molecular weight excluding hydrogens is 406 g/mol. The van der Waals surface area contributed by atoms with Crippen LogP contribution in [0.5, 0.6) is 5.75 Å². The van der Waals surface area contributed by atoms with Gasteiger partial charge in [-0.15, -0.1) is 0 Å². The van der Waals surface area contributed by atoms with E-state index in [1.54, 1.807) is 18.3 Å². The minimum Gasteiger partial charge on any atom is -0.465 e.